The van der Waals surface area contributed by atoms with Crippen LogP contribution in [0.5, 0.6) is 5.75 Å². The number of nitrogens with zero attached hydrogens (tertiary/aromatic N) is 2. The number of aromatic nitrogens is 1. The highest BCUT2D eigenvalue weighted by Crippen LogP contribution is 2.37. The summed E-state index contributed by atoms with van der Waals surface area (Å²) in [7, 11) is 0. The van der Waals surface area contributed by atoms with Crippen molar-refractivity contribution in [2.24, 2.45) is 0 Å². The number of phenolic OH excluding ortho intramolecular Hbond substituents is 1. The third kappa shape index (κ3) is 3.62. The summed E-state index contributed by atoms with van der Waals surface area (Å²) in [6, 6.07) is 18.3. The molecule has 0 spiro atoms. The van der Waals surface area contributed by atoms with Gasteiger partial charge in [0.2, 0.25) is 0 Å². The zero-order chi connectivity index (χ0) is 19.7. The molecule has 3 aromatic carbocycles. The predicted octanol–water partition coefficient (Wildman–Crippen LogP) is 5.77. The van der Waals surface area contributed by atoms with Gasteiger partial charge in [-0.05, 0) is 35.9 Å². The lowest BCUT2D eigenvalue weighted by Gasteiger charge is -2.20. The van der Waals surface area contributed by atoms with Gasteiger partial charge in [0.15, 0.2) is 5.13 Å². The molecule has 2 N–H and O–H groups in total. The number of phenols is 1. The molecule has 0 saturated heterocycles. The predicted molar refractivity (Wildman–Crippen MR) is 111 cm³/mol. The van der Waals surface area contributed by atoms with Gasteiger partial charge in [-0.1, -0.05) is 47.2 Å². The van der Waals surface area contributed by atoms with Crippen molar-refractivity contribution >= 4 is 44.0 Å². The van der Waals surface area contributed by atoms with E-state index < -0.39 is 11.0 Å². The Hall–Kier alpha value is -3.16. The molecule has 0 aliphatic rings. The van der Waals surface area contributed by atoms with Crippen molar-refractivity contribution in [2.45, 2.75) is 6.04 Å². The van der Waals surface area contributed by atoms with E-state index in [9.17, 15) is 15.2 Å². The van der Waals surface area contributed by atoms with E-state index in [1.54, 1.807) is 12.1 Å². The monoisotopic (exact) mass is 411 g/mol. The minimum atomic E-state index is -0.544. The Morgan fingerprint density at radius 1 is 1.11 bits per heavy atom. The largest absolute Gasteiger partial charge is 0.508 e. The van der Waals surface area contributed by atoms with E-state index in [2.05, 4.69) is 10.3 Å². The SMILES string of the molecule is O=[N+]([O-])c1ccc(O)c(C(Nc2nc3ccccc3s2)c2ccc(Cl)cc2)c1. The summed E-state index contributed by atoms with van der Waals surface area (Å²) in [5, 5.41) is 26.2. The van der Waals surface area contributed by atoms with Crippen LogP contribution in [0.15, 0.2) is 66.7 Å². The molecule has 4 aromatic rings. The van der Waals surface area contributed by atoms with Crippen molar-refractivity contribution < 1.29 is 10.0 Å². The molecular weight excluding hydrogens is 398 g/mol. The molecule has 8 heteroatoms. The van der Waals surface area contributed by atoms with E-state index in [-0.39, 0.29) is 11.4 Å². The van der Waals surface area contributed by atoms with Gasteiger partial charge in [0.1, 0.15) is 5.75 Å². The molecule has 0 bridgehead atoms. The van der Waals surface area contributed by atoms with Gasteiger partial charge in [-0.3, -0.25) is 10.1 Å². The van der Waals surface area contributed by atoms with Gasteiger partial charge in [-0.2, -0.15) is 0 Å². The molecule has 0 aliphatic carbocycles. The van der Waals surface area contributed by atoms with Crippen LogP contribution in [-0.2, 0) is 0 Å². The standard InChI is InChI=1S/C20H14ClN3O3S/c21-13-7-5-12(6-8-13)19(15-11-14(24(26)27)9-10-17(15)25)23-20-22-16-3-1-2-4-18(16)28-20/h1-11,19,25H,(H,22,23). The van der Waals surface area contributed by atoms with Gasteiger partial charge in [0, 0.05) is 22.7 Å². The number of halogens is 1. The maximum Gasteiger partial charge on any atom is 0.270 e. The summed E-state index contributed by atoms with van der Waals surface area (Å²) in [5.41, 5.74) is 1.93. The van der Waals surface area contributed by atoms with Crippen LogP contribution in [0.1, 0.15) is 17.2 Å². The van der Waals surface area contributed by atoms with Crippen molar-refractivity contribution in [1.29, 1.82) is 0 Å². The summed E-state index contributed by atoms with van der Waals surface area (Å²) in [6.07, 6.45) is 0. The third-order valence-corrected chi connectivity index (χ3v) is 5.52. The van der Waals surface area contributed by atoms with Gasteiger partial charge >= 0.3 is 0 Å². The Morgan fingerprint density at radius 3 is 2.57 bits per heavy atom. The van der Waals surface area contributed by atoms with E-state index in [0.717, 1.165) is 15.8 Å². The van der Waals surface area contributed by atoms with E-state index in [0.29, 0.717) is 15.7 Å². The van der Waals surface area contributed by atoms with Crippen molar-refractivity contribution in [3.8, 4) is 5.75 Å². The van der Waals surface area contributed by atoms with Gasteiger partial charge < -0.3 is 10.4 Å². The number of benzene rings is 3. The zero-order valence-electron chi connectivity index (χ0n) is 14.4. The second-order valence-electron chi connectivity index (χ2n) is 6.12. The van der Waals surface area contributed by atoms with Crippen LogP contribution in [0.2, 0.25) is 5.02 Å². The van der Waals surface area contributed by atoms with Crippen molar-refractivity contribution in [3.05, 3.63) is 93.0 Å². The summed E-state index contributed by atoms with van der Waals surface area (Å²) < 4.78 is 1.02. The Morgan fingerprint density at radius 2 is 1.86 bits per heavy atom. The van der Waals surface area contributed by atoms with Crippen LogP contribution >= 0.6 is 22.9 Å². The number of aromatic hydroxyl groups is 1. The quantitative estimate of drug-likeness (QED) is 0.321. The lowest BCUT2D eigenvalue weighted by Crippen LogP contribution is -2.13. The second kappa shape index (κ2) is 7.46. The van der Waals surface area contributed by atoms with Gasteiger partial charge in [0.25, 0.3) is 5.69 Å². The van der Waals surface area contributed by atoms with Crippen LogP contribution in [0.4, 0.5) is 10.8 Å². The maximum absolute atomic E-state index is 11.2. The molecule has 1 atom stereocenters. The van der Waals surface area contributed by atoms with Crippen LogP contribution in [-0.4, -0.2) is 15.0 Å². The Balaban J connectivity index is 1.81. The van der Waals surface area contributed by atoms with Crippen molar-refractivity contribution in [1.82, 2.24) is 4.98 Å². The molecule has 0 fully saturated rings. The van der Waals surface area contributed by atoms with E-state index in [1.807, 2.05) is 36.4 Å². The number of thiazole rings is 1. The number of non-ortho nitro benzene ring substituents is 1. The number of nitro benzene ring substituents is 1. The van der Waals surface area contributed by atoms with Gasteiger partial charge in [0.05, 0.1) is 21.2 Å². The lowest BCUT2D eigenvalue weighted by molar-refractivity contribution is -0.384. The lowest BCUT2D eigenvalue weighted by atomic mass is 9.97. The minimum Gasteiger partial charge on any atom is -0.508 e. The average Bonchev–Trinajstić information content (AvgIpc) is 3.10. The van der Waals surface area contributed by atoms with E-state index in [1.165, 1.54) is 29.5 Å². The van der Waals surface area contributed by atoms with Crippen molar-refractivity contribution in [2.75, 3.05) is 5.32 Å². The summed E-state index contributed by atoms with van der Waals surface area (Å²) >= 11 is 7.48. The van der Waals surface area contributed by atoms with E-state index >= 15 is 0 Å². The Kier molecular flexibility index (Phi) is 4.85. The molecule has 1 heterocycles. The highest BCUT2D eigenvalue weighted by molar-refractivity contribution is 7.22. The molecule has 0 amide bonds. The smallest absolute Gasteiger partial charge is 0.270 e. The van der Waals surface area contributed by atoms with Crippen LogP contribution in [0, 0.1) is 10.1 Å². The first-order valence-corrected chi connectivity index (χ1v) is 9.55. The normalized spacial score (nSPS) is 12.0. The fraction of sp³-hybridized carbons (Fsp3) is 0.0500. The molecule has 4 rings (SSSR count). The molecular formula is C20H14ClN3O3S. The highest BCUT2D eigenvalue weighted by atomic mass is 35.5. The summed E-state index contributed by atoms with van der Waals surface area (Å²) in [5.74, 6) is -0.0424. The number of nitro groups is 1. The first-order valence-electron chi connectivity index (χ1n) is 8.36. The molecule has 0 aliphatic heterocycles. The maximum atomic E-state index is 11.2. The Labute approximate surface area is 169 Å². The molecule has 1 aromatic heterocycles. The molecule has 6 nitrogen and oxygen atoms in total. The number of hydrogen-bond acceptors (Lipinski definition) is 6. The highest BCUT2D eigenvalue weighted by Gasteiger charge is 2.22. The average molecular weight is 412 g/mol. The van der Waals surface area contributed by atoms with Gasteiger partial charge in [-0.25, -0.2) is 4.98 Å². The molecule has 140 valence electrons. The van der Waals surface area contributed by atoms with Gasteiger partial charge in [-0.15, -0.1) is 0 Å². The second-order valence-corrected chi connectivity index (χ2v) is 7.58. The number of nitrogens with one attached hydrogen (secondary N) is 1. The number of anilines is 1. The number of para-hydroxylation sites is 1. The summed E-state index contributed by atoms with van der Waals surface area (Å²) in [6.45, 7) is 0. The minimum absolute atomic E-state index is 0.0424. The number of hydrogen-bond donors (Lipinski definition) is 2. The topological polar surface area (TPSA) is 88.3 Å². The number of fused-ring (bicyclic) bond motifs is 1. The summed E-state index contributed by atoms with van der Waals surface area (Å²) in [4.78, 5) is 15.3. The zero-order valence-corrected chi connectivity index (χ0v) is 15.9. The van der Waals surface area contributed by atoms with Crippen LogP contribution in [0.3, 0.4) is 0 Å². The third-order valence-electron chi connectivity index (χ3n) is 4.30. The van der Waals surface area contributed by atoms with Crippen LogP contribution in [0.25, 0.3) is 10.2 Å². The molecule has 0 saturated carbocycles. The van der Waals surface area contributed by atoms with Crippen molar-refractivity contribution in [3.63, 3.8) is 0 Å². The molecule has 28 heavy (non-hydrogen) atoms. The fourth-order valence-electron chi connectivity index (χ4n) is 2.94. The molecule has 1 unspecified atom stereocenters. The number of rotatable bonds is 5. The molecule has 0 radical (unpaired) electrons. The van der Waals surface area contributed by atoms with E-state index in [4.69, 9.17) is 11.6 Å². The first-order chi connectivity index (χ1) is 13.5. The fourth-order valence-corrected chi connectivity index (χ4v) is 3.96. The van der Waals surface area contributed by atoms with Crippen LogP contribution < -0.4 is 5.32 Å². The Bertz CT molecular complexity index is 1130. The first kappa shape index (κ1) is 18.2.